The van der Waals surface area contributed by atoms with Crippen LogP contribution in [-0.2, 0) is 11.2 Å². The molecule has 8 heteroatoms. The Balaban J connectivity index is 2.14. The number of amides is 1. The molecule has 0 fully saturated rings. The Hall–Kier alpha value is -1.99. The number of carbonyl (C=O) groups excluding carboxylic acids is 1. The van der Waals surface area contributed by atoms with E-state index < -0.39 is 19.0 Å². The number of rotatable bonds is 4. The Labute approximate surface area is 105 Å². The van der Waals surface area contributed by atoms with Crippen molar-refractivity contribution in [3.63, 3.8) is 0 Å². The zero-order valence-corrected chi connectivity index (χ0v) is 9.55. The lowest BCUT2D eigenvalue weighted by Gasteiger charge is -2.17. The second-order valence-electron chi connectivity index (χ2n) is 4.12. The Morgan fingerprint density at radius 1 is 1.42 bits per heavy atom. The first-order chi connectivity index (χ1) is 8.79. The van der Waals surface area contributed by atoms with Crippen LogP contribution in [0.3, 0.4) is 0 Å². The van der Waals surface area contributed by atoms with Crippen molar-refractivity contribution in [3.05, 3.63) is 17.7 Å². The summed E-state index contributed by atoms with van der Waals surface area (Å²) in [6.07, 6.45) is -3.68. The lowest BCUT2D eigenvalue weighted by atomic mass is 10.1. The number of hydrogen-bond donors (Lipinski definition) is 2. The van der Waals surface area contributed by atoms with Gasteiger partial charge in [-0.05, 0) is 11.6 Å². The van der Waals surface area contributed by atoms with Gasteiger partial charge in [0.2, 0.25) is 5.91 Å². The molecule has 104 valence electrons. The number of halogens is 4. The normalized spacial score (nSPS) is 14.5. The standard InChI is InChI=1S/C11H10F4N2O2/c12-10(13)11(14,15)4-19-8-3-7-5(1-6(8)16)2-9(18)17-7/h1,3,10H,2,4,16H2,(H,17,18). The van der Waals surface area contributed by atoms with E-state index in [2.05, 4.69) is 10.1 Å². The van der Waals surface area contributed by atoms with Gasteiger partial charge in [-0.2, -0.15) is 8.78 Å². The minimum Gasteiger partial charge on any atom is -0.485 e. The lowest BCUT2D eigenvalue weighted by Crippen LogP contribution is -2.33. The number of hydrogen-bond acceptors (Lipinski definition) is 3. The highest BCUT2D eigenvalue weighted by Gasteiger charge is 2.42. The molecule has 0 spiro atoms. The molecule has 0 bridgehead atoms. The topological polar surface area (TPSA) is 64.3 Å². The number of nitrogens with one attached hydrogen (secondary N) is 1. The average Bonchev–Trinajstić information content (AvgIpc) is 2.65. The van der Waals surface area contributed by atoms with Gasteiger partial charge in [0.1, 0.15) is 5.75 Å². The maximum absolute atomic E-state index is 12.7. The van der Waals surface area contributed by atoms with Crippen LogP contribution in [0.25, 0.3) is 0 Å². The van der Waals surface area contributed by atoms with Crippen molar-refractivity contribution in [2.75, 3.05) is 17.7 Å². The molecule has 1 aromatic carbocycles. The molecule has 0 atom stereocenters. The summed E-state index contributed by atoms with van der Waals surface area (Å²) in [4.78, 5) is 11.1. The molecule has 0 saturated carbocycles. The summed E-state index contributed by atoms with van der Waals surface area (Å²) in [6.45, 7) is -1.48. The van der Waals surface area contributed by atoms with Gasteiger partial charge in [0, 0.05) is 11.8 Å². The van der Waals surface area contributed by atoms with Crippen molar-refractivity contribution >= 4 is 17.3 Å². The Bertz CT molecular complexity index is 520. The van der Waals surface area contributed by atoms with Crippen LogP contribution in [0.15, 0.2) is 12.1 Å². The Morgan fingerprint density at radius 3 is 2.74 bits per heavy atom. The van der Waals surface area contributed by atoms with E-state index in [1.165, 1.54) is 12.1 Å². The predicted molar refractivity (Wildman–Crippen MR) is 59.6 cm³/mol. The van der Waals surface area contributed by atoms with Crippen LogP contribution in [0, 0.1) is 0 Å². The SMILES string of the molecule is Nc1cc2c(cc1OCC(F)(F)C(F)F)NC(=O)C2. The number of alkyl halides is 4. The maximum atomic E-state index is 12.7. The van der Waals surface area contributed by atoms with E-state index in [1.54, 1.807) is 0 Å². The van der Waals surface area contributed by atoms with Gasteiger partial charge in [0.25, 0.3) is 0 Å². The molecular formula is C11H10F4N2O2. The summed E-state index contributed by atoms with van der Waals surface area (Å²) in [5, 5.41) is 2.47. The van der Waals surface area contributed by atoms with Gasteiger partial charge < -0.3 is 15.8 Å². The number of carbonyl (C=O) groups is 1. The van der Waals surface area contributed by atoms with E-state index in [0.29, 0.717) is 11.3 Å². The number of fused-ring (bicyclic) bond motifs is 1. The molecule has 0 saturated heterocycles. The number of ether oxygens (including phenoxy) is 1. The van der Waals surface area contributed by atoms with Crippen LogP contribution in [0.5, 0.6) is 5.75 Å². The van der Waals surface area contributed by atoms with Crippen molar-refractivity contribution in [1.29, 1.82) is 0 Å². The van der Waals surface area contributed by atoms with E-state index >= 15 is 0 Å². The second kappa shape index (κ2) is 4.60. The molecule has 19 heavy (non-hydrogen) atoms. The van der Waals surface area contributed by atoms with E-state index in [1.807, 2.05) is 0 Å². The van der Waals surface area contributed by atoms with Crippen molar-refractivity contribution in [2.24, 2.45) is 0 Å². The fourth-order valence-corrected chi connectivity index (χ4v) is 1.64. The van der Waals surface area contributed by atoms with E-state index in [0.717, 1.165) is 0 Å². The molecular weight excluding hydrogens is 268 g/mol. The molecule has 0 aliphatic carbocycles. The van der Waals surface area contributed by atoms with Gasteiger partial charge in [0.15, 0.2) is 6.61 Å². The minimum absolute atomic E-state index is 0.0142. The van der Waals surface area contributed by atoms with Crippen LogP contribution < -0.4 is 15.8 Å². The van der Waals surface area contributed by atoms with Crippen LogP contribution >= 0.6 is 0 Å². The average molecular weight is 278 g/mol. The highest BCUT2D eigenvalue weighted by atomic mass is 19.3. The molecule has 1 amide bonds. The summed E-state index contributed by atoms with van der Waals surface area (Å²) < 4.78 is 54.0. The van der Waals surface area contributed by atoms with E-state index in [4.69, 9.17) is 5.73 Å². The zero-order chi connectivity index (χ0) is 14.2. The van der Waals surface area contributed by atoms with Crippen LogP contribution in [-0.4, -0.2) is 24.9 Å². The van der Waals surface area contributed by atoms with Gasteiger partial charge in [-0.1, -0.05) is 0 Å². The Kier molecular flexibility index (Phi) is 3.25. The highest BCUT2D eigenvalue weighted by molar-refractivity contribution is 6.00. The van der Waals surface area contributed by atoms with Gasteiger partial charge in [-0.15, -0.1) is 0 Å². The molecule has 2 rings (SSSR count). The van der Waals surface area contributed by atoms with Crippen LogP contribution in [0.2, 0.25) is 0 Å². The van der Waals surface area contributed by atoms with Gasteiger partial charge >= 0.3 is 12.3 Å². The van der Waals surface area contributed by atoms with Crippen molar-refractivity contribution in [2.45, 2.75) is 18.8 Å². The van der Waals surface area contributed by atoms with Gasteiger partial charge in [-0.3, -0.25) is 4.79 Å². The lowest BCUT2D eigenvalue weighted by molar-refractivity contribution is -0.148. The Morgan fingerprint density at radius 2 is 2.11 bits per heavy atom. The molecule has 0 unspecified atom stereocenters. The summed E-state index contributed by atoms with van der Waals surface area (Å²) in [7, 11) is 0. The third-order valence-corrected chi connectivity index (χ3v) is 2.60. The summed E-state index contributed by atoms with van der Waals surface area (Å²) in [5.41, 5.74) is 6.55. The molecule has 1 aliphatic heterocycles. The predicted octanol–water partition coefficient (Wildman–Crippen LogP) is 2.04. The van der Waals surface area contributed by atoms with Crippen molar-refractivity contribution in [1.82, 2.24) is 0 Å². The first-order valence-corrected chi connectivity index (χ1v) is 5.30. The zero-order valence-electron chi connectivity index (χ0n) is 9.55. The number of nitrogen functional groups attached to an aromatic ring is 1. The van der Waals surface area contributed by atoms with Gasteiger partial charge in [-0.25, -0.2) is 8.78 Å². The summed E-state index contributed by atoms with van der Waals surface area (Å²) in [6, 6.07) is 2.64. The first-order valence-electron chi connectivity index (χ1n) is 5.30. The van der Waals surface area contributed by atoms with Crippen molar-refractivity contribution < 1.29 is 27.1 Å². The molecule has 0 radical (unpaired) electrons. The van der Waals surface area contributed by atoms with E-state index in [9.17, 15) is 22.4 Å². The second-order valence-corrected chi connectivity index (χ2v) is 4.12. The largest absolute Gasteiger partial charge is 0.485 e. The fourth-order valence-electron chi connectivity index (χ4n) is 1.64. The molecule has 0 aromatic heterocycles. The number of benzene rings is 1. The summed E-state index contributed by atoms with van der Waals surface area (Å²) in [5.74, 6) is -4.68. The molecule has 1 heterocycles. The molecule has 3 N–H and O–H groups in total. The monoisotopic (exact) mass is 278 g/mol. The minimum atomic E-state index is -4.26. The third kappa shape index (κ3) is 2.72. The van der Waals surface area contributed by atoms with E-state index in [-0.39, 0.29) is 23.8 Å². The van der Waals surface area contributed by atoms with Crippen LogP contribution in [0.4, 0.5) is 28.9 Å². The molecule has 1 aromatic rings. The third-order valence-electron chi connectivity index (χ3n) is 2.60. The quantitative estimate of drug-likeness (QED) is 0.654. The number of nitrogens with two attached hydrogens (primary N) is 1. The van der Waals surface area contributed by atoms with Crippen molar-refractivity contribution in [3.8, 4) is 5.75 Å². The van der Waals surface area contributed by atoms with Crippen LogP contribution in [0.1, 0.15) is 5.56 Å². The molecule has 4 nitrogen and oxygen atoms in total. The number of anilines is 2. The smallest absolute Gasteiger partial charge is 0.340 e. The fraction of sp³-hybridized carbons (Fsp3) is 0.364. The maximum Gasteiger partial charge on any atom is 0.340 e. The van der Waals surface area contributed by atoms with Gasteiger partial charge in [0.05, 0.1) is 12.1 Å². The summed E-state index contributed by atoms with van der Waals surface area (Å²) >= 11 is 0. The molecule has 1 aliphatic rings. The highest BCUT2D eigenvalue weighted by Crippen LogP contribution is 2.34. The first kappa shape index (κ1) is 13.4.